The van der Waals surface area contributed by atoms with Crippen LogP contribution in [0.1, 0.15) is 24.5 Å². The summed E-state index contributed by atoms with van der Waals surface area (Å²) in [6.07, 6.45) is 4.19. The number of carboxylic acids is 1. The number of rotatable bonds is 5. The van der Waals surface area contributed by atoms with Crippen molar-refractivity contribution in [3.63, 3.8) is 0 Å². The molecule has 5 nitrogen and oxygen atoms in total. The highest BCUT2D eigenvalue weighted by atomic mass is 16.5. The van der Waals surface area contributed by atoms with Crippen molar-refractivity contribution in [1.29, 1.82) is 0 Å². The number of carboxylic acid groups (broad SMARTS) is 1. The zero-order chi connectivity index (χ0) is 17.1. The number of aliphatic hydroxyl groups excluding tert-OH is 1. The standard InChI is InChI=1S/C19H23NO4/c1-2-13-3-5-15(6-4-13)16-10-20(9-14-7-8-24-12-14)11-17(18(16)21)19(22)23/h3-6,10-11,14,18,21H,2,7-9,12H2,1H3,(H,22,23). The Hall–Kier alpha value is -2.11. The topological polar surface area (TPSA) is 70.0 Å². The molecule has 3 rings (SSSR count). The summed E-state index contributed by atoms with van der Waals surface area (Å²) in [4.78, 5) is 13.4. The van der Waals surface area contributed by atoms with E-state index < -0.39 is 12.1 Å². The van der Waals surface area contributed by atoms with Gasteiger partial charge in [0, 0.05) is 37.0 Å². The van der Waals surface area contributed by atoms with Crippen LogP contribution in [0.25, 0.3) is 5.57 Å². The second-order valence-electron chi connectivity index (χ2n) is 6.35. The summed E-state index contributed by atoms with van der Waals surface area (Å²) in [5, 5.41) is 19.9. The molecule has 0 bridgehead atoms. The predicted molar refractivity (Wildman–Crippen MR) is 91.2 cm³/mol. The van der Waals surface area contributed by atoms with Crippen molar-refractivity contribution in [2.24, 2.45) is 5.92 Å². The van der Waals surface area contributed by atoms with E-state index in [9.17, 15) is 15.0 Å². The van der Waals surface area contributed by atoms with E-state index in [2.05, 4.69) is 6.92 Å². The fourth-order valence-electron chi connectivity index (χ4n) is 3.17. The van der Waals surface area contributed by atoms with Gasteiger partial charge in [-0.25, -0.2) is 4.79 Å². The lowest BCUT2D eigenvalue weighted by Crippen LogP contribution is -2.31. The Bertz CT molecular complexity index is 656. The second kappa shape index (κ2) is 7.20. The van der Waals surface area contributed by atoms with E-state index in [1.165, 1.54) is 11.8 Å². The minimum Gasteiger partial charge on any atom is -0.478 e. The molecule has 0 aliphatic carbocycles. The van der Waals surface area contributed by atoms with Crippen molar-refractivity contribution < 1.29 is 19.7 Å². The molecule has 0 radical (unpaired) electrons. The van der Waals surface area contributed by atoms with Crippen LogP contribution in [0.5, 0.6) is 0 Å². The van der Waals surface area contributed by atoms with Crippen molar-refractivity contribution in [3.05, 3.63) is 53.4 Å². The zero-order valence-electron chi connectivity index (χ0n) is 13.8. The molecule has 128 valence electrons. The molecule has 2 atom stereocenters. The van der Waals surface area contributed by atoms with Gasteiger partial charge in [0.25, 0.3) is 0 Å². The molecule has 1 fully saturated rings. The van der Waals surface area contributed by atoms with Gasteiger partial charge in [0.1, 0.15) is 6.10 Å². The second-order valence-corrected chi connectivity index (χ2v) is 6.35. The lowest BCUT2D eigenvalue weighted by atomic mass is 9.93. The Morgan fingerprint density at radius 3 is 2.62 bits per heavy atom. The average molecular weight is 329 g/mol. The molecule has 1 aromatic rings. The average Bonchev–Trinajstić information content (AvgIpc) is 3.09. The molecule has 1 saturated heterocycles. The van der Waals surface area contributed by atoms with Crippen molar-refractivity contribution >= 4 is 11.5 Å². The van der Waals surface area contributed by atoms with Gasteiger partial charge in [-0.05, 0) is 24.0 Å². The Morgan fingerprint density at radius 2 is 2.04 bits per heavy atom. The molecule has 2 aliphatic heterocycles. The molecule has 0 spiro atoms. The SMILES string of the molecule is CCc1ccc(C2=CN(CC3CCOC3)C=C(C(=O)O)C2O)cc1. The van der Waals surface area contributed by atoms with Crippen molar-refractivity contribution in [3.8, 4) is 0 Å². The molecule has 0 saturated carbocycles. The monoisotopic (exact) mass is 329 g/mol. The summed E-state index contributed by atoms with van der Waals surface area (Å²) < 4.78 is 5.40. The van der Waals surface area contributed by atoms with Gasteiger partial charge in [-0.2, -0.15) is 0 Å². The van der Waals surface area contributed by atoms with Crippen molar-refractivity contribution in [2.75, 3.05) is 19.8 Å². The number of hydrogen-bond donors (Lipinski definition) is 2. The lowest BCUT2D eigenvalue weighted by molar-refractivity contribution is -0.133. The van der Waals surface area contributed by atoms with Crippen molar-refractivity contribution in [2.45, 2.75) is 25.9 Å². The number of hydrogen-bond acceptors (Lipinski definition) is 4. The molecule has 1 aromatic carbocycles. The molecule has 24 heavy (non-hydrogen) atoms. The van der Waals surface area contributed by atoms with Gasteiger partial charge in [0.15, 0.2) is 0 Å². The highest BCUT2D eigenvalue weighted by Crippen LogP contribution is 2.30. The van der Waals surface area contributed by atoms with E-state index in [0.717, 1.165) is 25.0 Å². The number of aliphatic hydroxyl groups is 1. The van der Waals surface area contributed by atoms with E-state index >= 15 is 0 Å². The molecule has 5 heteroatoms. The summed E-state index contributed by atoms with van der Waals surface area (Å²) in [5.74, 6) is -0.711. The molecule has 2 N–H and O–H groups in total. The predicted octanol–water partition coefficient (Wildman–Crippen LogP) is 2.27. The third kappa shape index (κ3) is 3.52. The summed E-state index contributed by atoms with van der Waals surface area (Å²) in [7, 11) is 0. The quantitative estimate of drug-likeness (QED) is 0.867. The molecule has 2 aliphatic rings. The smallest absolute Gasteiger partial charge is 0.336 e. The van der Waals surface area contributed by atoms with Gasteiger partial charge >= 0.3 is 5.97 Å². The van der Waals surface area contributed by atoms with Gasteiger partial charge < -0.3 is 19.8 Å². The van der Waals surface area contributed by atoms with Crippen LogP contribution in [0.2, 0.25) is 0 Å². The Labute approximate surface area is 141 Å². The fourth-order valence-corrected chi connectivity index (χ4v) is 3.17. The highest BCUT2D eigenvalue weighted by molar-refractivity contribution is 5.93. The first-order valence-electron chi connectivity index (χ1n) is 8.36. The van der Waals surface area contributed by atoms with E-state index in [1.54, 1.807) is 0 Å². The molecule has 0 amide bonds. The van der Waals surface area contributed by atoms with Gasteiger partial charge in [-0.15, -0.1) is 0 Å². The highest BCUT2D eigenvalue weighted by Gasteiger charge is 2.29. The lowest BCUT2D eigenvalue weighted by Gasteiger charge is -2.29. The van der Waals surface area contributed by atoms with Crippen LogP contribution in [0, 0.1) is 5.92 Å². The number of carbonyl (C=O) groups is 1. The number of aliphatic carboxylic acids is 1. The van der Waals surface area contributed by atoms with Crippen LogP contribution in [0.15, 0.2) is 42.2 Å². The maximum absolute atomic E-state index is 11.5. The van der Waals surface area contributed by atoms with E-state index in [4.69, 9.17) is 4.74 Å². The number of benzene rings is 1. The minimum atomic E-state index is -1.12. The first-order chi connectivity index (χ1) is 11.6. The maximum Gasteiger partial charge on any atom is 0.336 e. The fraction of sp³-hybridized carbons (Fsp3) is 0.421. The van der Waals surface area contributed by atoms with Crippen molar-refractivity contribution in [1.82, 2.24) is 4.90 Å². The number of ether oxygens (including phenoxy) is 1. The van der Waals surface area contributed by atoms with Crippen LogP contribution in [0.4, 0.5) is 0 Å². The first-order valence-corrected chi connectivity index (χ1v) is 8.36. The molecular formula is C19H23NO4. The first kappa shape index (κ1) is 16.7. The molecule has 2 heterocycles. The molecule has 0 aromatic heterocycles. The van der Waals surface area contributed by atoms with Crippen LogP contribution in [-0.2, 0) is 16.0 Å². The van der Waals surface area contributed by atoms with Gasteiger partial charge in [-0.1, -0.05) is 31.2 Å². The number of aryl methyl sites for hydroxylation is 1. The summed E-state index contributed by atoms with van der Waals surface area (Å²) >= 11 is 0. The number of nitrogens with zero attached hydrogens (tertiary/aromatic N) is 1. The summed E-state index contributed by atoms with van der Waals surface area (Å²) in [5.41, 5.74) is 2.68. The van der Waals surface area contributed by atoms with Crippen LogP contribution in [-0.4, -0.2) is 46.9 Å². The maximum atomic E-state index is 11.5. The molecular weight excluding hydrogens is 306 g/mol. The Morgan fingerprint density at radius 1 is 1.29 bits per heavy atom. The molecule has 2 unspecified atom stereocenters. The largest absolute Gasteiger partial charge is 0.478 e. The van der Waals surface area contributed by atoms with Gasteiger partial charge in [0.05, 0.1) is 12.2 Å². The van der Waals surface area contributed by atoms with Crippen LogP contribution >= 0.6 is 0 Å². The van der Waals surface area contributed by atoms with E-state index in [0.29, 0.717) is 24.6 Å². The summed E-state index contributed by atoms with van der Waals surface area (Å²) in [6.45, 7) is 4.23. The Balaban J connectivity index is 1.89. The minimum absolute atomic E-state index is 0.00554. The Kier molecular flexibility index (Phi) is 5.02. The van der Waals surface area contributed by atoms with E-state index in [-0.39, 0.29) is 5.57 Å². The van der Waals surface area contributed by atoms with Crippen LogP contribution in [0.3, 0.4) is 0 Å². The zero-order valence-corrected chi connectivity index (χ0v) is 13.8. The van der Waals surface area contributed by atoms with E-state index in [1.807, 2.05) is 35.4 Å². The van der Waals surface area contributed by atoms with Gasteiger partial charge in [-0.3, -0.25) is 0 Å². The summed E-state index contributed by atoms with van der Waals surface area (Å²) in [6, 6.07) is 7.90. The third-order valence-electron chi connectivity index (χ3n) is 4.63. The third-order valence-corrected chi connectivity index (χ3v) is 4.63. The normalized spacial score (nSPS) is 23.8. The van der Waals surface area contributed by atoms with Gasteiger partial charge in [0.2, 0.25) is 0 Å². The van der Waals surface area contributed by atoms with Crippen LogP contribution < -0.4 is 0 Å².